The summed E-state index contributed by atoms with van der Waals surface area (Å²) >= 11 is 0. The largest absolute Gasteiger partial charge is 0.298 e. The summed E-state index contributed by atoms with van der Waals surface area (Å²) in [5, 5.41) is 0. The number of rotatable bonds is 3. The summed E-state index contributed by atoms with van der Waals surface area (Å²) < 4.78 is 0. The van der Waals surface area contributed by atoms with E-state index in [1.807, 2.05) is 68.4 Å². The van der Waals surface area contributed by atoms with E-state index in [0.717, 1.165) is 27.8 Å². The molecule has 1 fully saturated rings. The van der Waals surface area contributed by atoms with Gasteiger partial charge < -0.3 is 0 Å². The van der Waals surface area contributed by atoms with Crippen LogP contribution in [0.5, 0.6) is 0 Å². The molecule has 0 saturated heterocycles. The Balaban J connectivity index is 1.72. The van der Waals surface area contributed by atoms with Crippen LogP contribution in [0.4, 0.5) is 0 Å². The SMILES string of the molecule is CC1(C)CC(=O)C2(C(=O)C1)c1ccccc1CC2C=C(c1ccccc1)c1ccccc1. The van der Waals surface area contributed by atoms with Crippen molar-refractivity contribution in [1.29, 1.82) is 0 Å². The second kappa shape index (κ2) is 7.70. The molecule has 0 N–H and O–H groups in total. The number of Topliss-reactive ketones (excluding diaryl/α,β-unsaturated/α-hetero) is 2. The molecular weight excluding hydrogens is 392 g/mol. The Morgan fingerprint density at radius 1 is 0.750 bits per heavy atom. The lowest BCUT2D eigenvalue weighted by molar-refractivity contribution is -0.143. The van der Waals surface area contributed by atoms with Crippen molar-refractivity contribution < 1.29 is 9.59 Å². The third-order valence-electron chi connectivity index (χ3n) is 7.13. The molecule has 2 aliphatic carbocycles. The summed E-state index contributed by atoms with van der Waals surface area (Å²) in [6.45, 7) is 4.06. The molecule has 0 amide bonds. The average molecular weight is 421 g/mol. The van der Waals surface area contributed by atoms with E-state index >= 15 is 0 Å². The Kier molecular flexibility index (Phi) is 4.97. The summed E-state index contributed by atoms with van der Waals surface area (Å²) in [7, 11) is 0. The molecule has 0 aromatic heterocycles. The Labute approximate surface area is 190 Å². The molecule has 5 rings (SSSR count). The highest BCUT2D eigenvalue weighted by Gasteiger charge is 2.59. The Morgan fingerprint density at radius 2 is 1.25 bits per heavy atom. The van der Waals surface area contributed by atoms with Crippen molar-refractivity contribution in [1.82, 2.24) is 0 Å². The topological polar surface area (TPSA) is 34.1 Å². The predicted octanol–water partition coefficient (Wildman–Crippen LogP) is 6.19. The Bertz CT molecular complexity index is 1140. The molecule has 2 heteroatoms. The zero-order valence-corrected chi connectivity index (χ0v) is 18.7. The lowest BCUT2D eigenvalue weighted by Crippen LogP contribution is -2.53. The third kappa shape index (κ3) is 3.26. The van der Waals surface area contributed by atoms with Crippen molar-refractivity contribution in [2.45, 2.75) is 38.5 Å². The summed E-state index contributed by atoms with van der Waals surface area (Å²) in [5.41, 5.74) is 3.96. The van der Waals surface area contributed by atoms with Crippen LogP contribution in [0.25, 0.3) is 5.57 Å². The molecule has 0 heterocycles. The van der Waals surface area contributed by atoms with Gasteiger partial charge in [0.2, 0.25) is 0 Å². The first-order chi connectivity index (χ1) is 15.4. The van der Waals surface area contributed by atoms with Gasteiger partial charge in [-0.05, 0) is 39.7 Å². The van der Waals surface area contributed by atoms with Crippen LogP contribution in [0, 0.1) is 11.3 Å². The van der Waals surface area contributed by atoms with Crippen molar-refractivity contribution in [3.05, 3.63) is 113 Å². The van der Waals surface area contributed by atoms with Gasteiger partial charge in [-0.1, -0.05) is 105 Å². The molecule has 1 saturated carbocycles. The maximum Gasteiger partial charge on any atom is 0.152 e. The first kappa shape index (κ1) is 20.6. The molecule has 1 unspecified atom stereocenters. The standard InChI is InChI=1S/C30H28O2/c1-29(2)19-27(31)30(28(32)20-29)24(17-23-15-9-10-16-26(23)30)18-25(21-11-5-3-6-12-21)22-13-7-4-8-14-22/h3-16,18,24H,17,19-20H2,1-2H3. The van der Waals surface area contributed by atoms with Crippen molar-refractivity contribution in [2.24, 2.45) is 11.3 Å². The van der Waals surface area contributed by atoms with Crippen LogP contribution in [-0.4, -0.2) is 11.6 Å². The second-order valence-corrected chi connectivity index (χ2v) is 9.95. The van der Waals surface area contributed by atoms with Gasteiger partial charge >= 0.3 is 0 Å². The smallest absolute Gasteiger partial charge is 0.152 e. The van der Waals surface area contributed by atoms with Gasteiger partial charge in [-0.15, -0.1) is 0 Å². The molecule has 0 aliphatic heterocycles. The van der Waals surface area contributed by atoms with Gasteiger partial charge in [0.1, 0.15) is 5.41 Å². The van der Waals surface area contributed by atoms with Gasteiger partial charge in [-0.25, -0.2) is 0 Å². The molecule has 160 valence electrons. The van der Waals surface area contributed by atoms with Gasteiger partial charge in [-0.2, -0.15) is 0 Å². The Morgan fingerprint density at radius 3 is 1.81 bits per heavy atom. The van der Waals surface area contributed by atoms with E-state index in [0.29, 0.717) is 19.3 Å². The van der Waals surface area contributed by atoms with Crippen LogP contribution < -0.4 is 0 Å². The van der Waals surface area contributed by atoms with Crippen LogP contribution in [0.15, 0.2) is 91.0 Å². The molecule has 0 radical (unpaired) electrons. The third-order valence-corrected chi connectivity index (χ3v) is 7.13. The maximum atomic E-state index is 13.8. The van der Waals surface area contributed by atoms with Crippen molar-refractivity contribution in [3.63, 3.8) is 0 Å². The quantitative estimate of drug-likeness (QED) is 0.474. The zero-order chi connectivity index (χ0) is 22.3. The van der Waals surface area contributed by atoms with Crippen molar-refractivity contribution >= 4 is 17.1 Å². The fraction of sp³-hybridized carbons (Fsp3) is 0.267. The van der Waals surface area contributed by atoms with Gasteiger partial charge in [0.15, 0.2) is 11.6 Å². The lowest BCUT2D eigenvalue weighted by Gasteiger charge is -2.42. The number of carbonyl (C=O) groups excluding carboxylic acids is 2. The van der Waals surface area contributed by atoms with E-state index in [2.05, 4.69) is 36.4 Å². The number of benzene rings is 3. The Hall–Kier alpha value is -3.26. The number of fused-ring (bicyclic) bond motifs is 2. The second-order valence-electron chi connectivity index (χ2n) is 9.95. The molecule has 3 aromatic rings. The predicted molar refractivity (Wildman–Crippen MR) is 128 cm³/mol. The molecule has 32 heavy (non-hydrogen) atoms. The van der Waals surface area contributed by atoms with Crippen LogP contribution in [0.3, 0.4) is 0 Å². The molecule has 0 bridgehead atoms. The van der Waals surface area contributed by atoms with E-state index in [1.165, 1.54) is 0 Å². The van der Waals surface area contributed by atoms with Crippen LogP contribution in [0.1, 0.15) is 48.9 Å². The minimum Gasteiger partial charge on any atom is -0.298 e. The van der Waals surface area contributed by atoms with Crippen molar-refractivity contribution in [3.8, 4) is 0 Å². The molecule has 2 aliphatic rings. The first-order valence-electron chi connectivity index (χ1n) is 11.4. The van der Waals surface area contributed by atoms with Crippen LogP contribution in [-0.2, 0) is 21.4 Å². The van der Waals surface area contributed by atoms with Crippen LogP contribution >= 0.6 is 0 Å². The zero-order valence-electron chi connectivity index (χ0n) is 18.7. The van der Waals surface area contributed by atoms with E-state index in [1.54, 1.807) is 0 Å². The highest BCUT2D eigenvalue weighted by molar-refractivity contribution is 6.16. The lowest BCUT2D eigenvalue weighted by atomic mass is 9.57. The van der Waals surface area contributed by atoms with Gasteiger partial charge in [0.25, 0.3) is 0 Å². The van der Waals surface area contributed by atoms with Gasteiger partial charge in [0.05, 0.1) is 0 Å². The summed E-state index contributed by atoms with van der Waals surface area (Å²) in [5.74, 6) is -0.0396. The minimum atomic E-state index is -1.07. The first-order valence-corrected chi connectivity index (χ1v) is 11.4. The normalized spacial score (nSPS) is 20.8. The summed E-state index contributed by atoms with van der Waals surface area (Å²) in [6.07, 6.45) is 3.78. The molecule has 2 nitrogen and oxygen atoms in total. The van der Waals surface area contributed by atoms with Crippen molar-refractivity contribution in [2.75, 3.05) is 0 Å². The highest BCUT2D eigenvalue weighted by atomic mass is 16.2. The monoisotopic (exact) mass is 420 g/mol. The number of allylic oxidation sites excluding steroid dienone is 1. The van der Waals surface area contributed by atoms with Crippen LogP contribution in [0.2, 0.25) is 0 Å². The summed E-state index contributed by atoms with van der Waals surface area (Å²) in [6, 6.07) is 28.6. The van der Waals surface area contributed by atoms with E-state index in [-0.39, 0.29) is 22.9 Å². The molecule has 1 atom stereocenters. The molecule has 1 spiro atoms. The number of carbonyl (C=O) groups is 2. The number of hydrogen-bond acceptors (Lipinski definition) is 2. The van der Waals surface area contributed by atoms with E-state index in [4.69, 9.17) is 0 Å². The maximum absolute atomic E-state index is 13.8. The molecule has 3 aromatic carbocycles. The fourth-order valence-corrected chi connectivity index (χ4v) is 5.73. The van der Waals surface area contributed by atoms with E-state index in [9.17, 15) is 9.59 Å². The molecular formula is C30H28O2. The summed E-state index contributed by atoms with van der Waals surface area (Å²) in [4.78, 5) is 27.6. The fourth-order valence-electron chi connectivity index (χ4n) is 5.73. The van der Waals surface area contributed by atoms with Gasteiger partial charge in [-0.3, -0.25) is 9.59 Å². The average Bonchev–Trinajstić information content (AvgIpc) is 3.12. The van der Waals surface area contributed by atoms with E-state index < -0.39 is 5.41 Å². The minimum absolute atomic E-state index is 0.0745. The number of ketones is 2. The number of hydrogen-bond donors (Lipinski definition) is 0. The highest BCUT2D eigenvalue weighted by Crippen LogP contribution is 2.53. The van der Waals surface area contributed by atoms with Gasteiger partial charge in [0, 0.05) is 18.8 Å².